The third kappa shape index (κ3) is 7.15. The van der Waals surface area contributed by atoms with Gasteiger partial charge in [0.05, 0.1) is 4.90 Å². The zero-order valence-electron chi connectivity index (χ0n) is 15.4. The van der Waals surface area contributed by atoms with Crippen LogP contribution in [0.4, 0.5) is 0 Å². The summed E-state index contributed by atoms with van der Waals surface area (Å²) in [6.07, 6.45) is 7.59. The fraction of sp³-hybridized carbons (Fsp3) is 0.474. The summed E-state index contributed by atoms with van der Waals surface area (Å²) in [5.74, 6) is -1.21. The Morgan fingerprint density at radius 1 is 1.19 bits per heavy atom. The first kappa shape index (κ1) is 21.1. The molecule has 0 aliphatic heterocycles. The topological polar surface area (TPSA) is 102 Å². The Kier molecular flexibility index (Phi) is 7.99. The van der Waals surface area contributed by atoms with Gasteiger partial charge >= 0.3 is 5.97 Å². The van der Waals surface area contributed by atoms with E-state index in [1.165, 1.54) is 37.5 Å². The molecule has 0 aromatic heterocycles. The third-order valence-electron chi connectivity index (χ3n) is 4.24. The number of ether oxygens (including phenoxy) is 1. The van der Waals surface area contributed by atoms with E-state index in [0.29, 0.717) is 6.54 Å². The second-order valence-corrected chi connectivity index (χ2v) is 8.19. The van der Waals surface area contributed by atoms with Gasteiger partial charge in [0, 0.05) is 6.54 Å². The van der Waals surface area contributed by atoms with Gasteiger partial charge in [-0.05, 0) is 51.2 Å². The van der Waals surface area contributed by atoms with E-state index in [2.05, 4.69) is 16.1 Å². The summed E-state index contributed by atoms with van der Waals surface area (Å²) < 4.78 is 31.5. The molecular weight excluding hydrogens is 368 g/mol. The first-order chi connectivity index (χ1) is 12.9. The molecule has 1 aliphatic rings. The van der Waals surface area contributed by atoms with Crippen LogP contribution in [0.25, 0.3) is 0 Å². The standard InChI is InChI=1S/C19H26N2O5S/c1-15(21-27(24,25)17-10-6-3-7-11-17)19(23)26-14-18(22)20-13-12-16-8-4-2-5-9-16/h3,6-8,10-11,15,21H,2,4-5,9,12-14H2,1H3,(H,20,22). The van der Waals surface area contributed by atoms with Crippen LogP contribution < -0.4 is 10.0 Å². The van der Waals surface area contributed by atoms with Crippen LogP contribution in [0.5, 0.6) is 0 Å². The summed E-state index contributed by atoms with van der Waals surface area (Å²) in [5.41, 5.74) is 1.35. The lowest BCUT2D eigenvalue weighted by atomic mass is 9.97. The largest absolute Gasteiger partial charge is 0.454 e. The van der Waals surface area contributed by atoms with Gasteiger partial charge in [-0.3, -0.25) is 9.59 Å². The number of carbonyl (C=O) groups excluding carboxylic acids is 2. The minimum Gasteiger partial charge on any atom is -0.454 e. The molecule has 0 bridgehead atoms. The molecule has 27 heavy (non-hydrogen) atoms. The smallest absolute Gasteiger partial charge is 0.324 e. The van der Waals surface area contributed by atoms with E-state index in [1.807, 2.05) is 0 Å². The van der Waals surface area contributed by atoms with Gasteiger partial charge in [0.1, 0.15) is 6.04 Å². The van der Waals surface area contributed by atoms with E-state index in [-0.39, 0.29) is 4.90 Å². The summed E-state index contributed by atoms with van der Waals surface area (Å²) in [4.78, 5) is 23.8. The van der Waals surface area contributed by atoms with Crippen LogP contribution in [-0.2, 0) is 24.3 Å². The minimum absolute atomic E-state index is 0.0550. The minimum atomic E-state index is -3.83. The van der Waals surface area contributed by atoms with Crippen LogP contribution in [0.15, 0.2) is 46.9 Å². The van der Waals surface area contributed by atoms with E-state index in [4.69, 9.17) is 4.74 Å². The zero-order chi connectivity index (χ0) is 19.7. The number of nitrogens with one attached hydrogen (secondary N) is 2. The number of rotatable bonds is 9. The number of esters is 1. The molecule has 0 heterocycles. The second kappa shape index (κ2) is 10.2. The van der Waals surface area contributed by atoms with Gasteiger partial charge in [-0.25, -0.2) is 8.42 Å². The highest BCUT2D eigenvalue weighted by molar-refractivity contribution is 7.89. The quantitative estimate of drug-likeness (QED) is 0.492. The van der Waals surface area contributed by atoms with Crippen LogP contribution in [0.1, 0.15) is 39.0 Å². The van der Waals surface area contributed by atoms with Crippen molar-refractivity contribution in [1.82, 2.24) is 10.0 Å². The van der Waals surface area contributed by atoms with Gasteiger partial charge in [0.15, 0.2) is 6.61 Å². The maximum Gasteiger partial charge on any atom is 0.324 e. The molecule has 1 aromatic rings. The summed E-state index contributed by atoms with van der Waals surface area (Å²) >= 11 is 0. The maximum atomic E-state index is 12.2. The molecule has 0 radical (unpaired) electrons. The molecule has 7 nitrogen and oxygen atoms in total. The number of allylic oxidation sites excluding steroid dienone is 1. The Morgan fingerprint density at radius 3 is 2.59 bits per heavy atom. The van der Waals surface area contributed by atoms with Crippen LogP contribution in [0.3, 0.4) is 0 Å². The summed E-state index contributed by atoms with van der Waals surface area (Å²) in [5, 5.41) is 2.70. The van der Waals surface area contributed by atoms with Crippen molar-refractivity contribution < 1.29 is 22.7 Å². The Morgan fingerprint density at radius 2 is 1.93 bits per heavy atom. The Labute approximate surface area is 160 Å². The number of carbonyl (C=O) groups is 2. The number of hydrogen-bond donors (Lipinski definition) is 2. The van der Waals surface area contributed by atoms with Crippen LogP contribution >= 0.6 is 0 Å². The summed E-state index contributed by atoms with van der Waals surface area (Å²) in [6.45, 7) is 1.43. The molecule has 1 aromatic carbocycles. The fourth-order valence-electron chi connectivity index (χ4n) is 2.76. The SMILES string of the molecule is CC(NS(=O)(=O)c1ccccc1)C(=O)OCC(=O)NCCC1=CCCCC1. The molecule has 1 unspecified atom stereocenters. The fourth-order valence-corrected chi connectivity index (χ4v) is 3.97. The van der Waals surface area contributed by atoms with Crippen molar-refractivity contribution in [2.24, 2.45) is 0 Å². The molecular formula is C19H26N2O5S. The first-order valence-corrected chi connectivity index (χ1v) is 10.6. The highest BCUT2D eigenvalue weighted by Crippen LogP contribution is 2.19. The molecule has 0 saturated carbocycles. The van der Waals surface area contributed by atoms with Gasteiger partial charge in [0.25, 0.3) is 5.91 Å². The zero-order valence-corrected chi connectivity index (χ0v) is 16.3. The molecule has 0 saturated heterocycles. The van der Waals surface area contributed by atoms with Crippen molar-refractivity contribution in [2.45, 2.75) is 50.0 Å². The molecule has 1 amide bonds. The molecule has 2 N–H and O–H groups in total. The van der Waals surface area contributed by atoms with Crippen LogP contribution in [-0.4, -0.2) is 39.5 Å². The molecule has 1 atom stereocenters. The lowest BCUT2D eigenvalue weighted by Gasteiger charge is -2.14. The van der Waals surface area contributed by atoms with Crippen molar-refractivity contribution >= 4 is 21.9 Å². The Hall–Kier alpha value is -2.19. The number of amides is 1. The third-order valence-corrected chi connectivity index (χ3v) is 5.79. The molecule has 2 rings (SSSR count). The second-order valence-electron chi connectivity index (χ2n) is 6.47. The van der Waals surface area contributed by atoms with Gasteiger partial charge in [-0.1, -0.05) is 29.8 Å². The number of sulfonamides is 1. The van der Waals surface area contributed by atoms with Gasteiger partial charge in [-0.2, -0.15) is 4.72 Å². The van der Waals surface area contributed by atoms with Crippen molar-refractivity contribution in [3.63, 3.8) is 0 Å². The van der Waals surface area contributed by atoms with E-state index in [1.54, 1.807) is 18.2 Å². The van der Waals surface area contributed by atoms with Crippen molar-refractivity contribution in [3.8, 4) is 0 Å². The molecule has 148 valence electrons. The lowest BCUT2D eigenvalue weighted by Crippen LogP contribution is -2.41. The van der Waals surface area contributed by atoms with Crippen molar-refractivity contribution in [2.75, 3.05) is 13.2 Å². The van der Waals surface area contributed by atoms with Crippen LogP contribution in [0.2, 0.25) is 0 Å². The maximum absolute atomic E-state index is 12.2. The van der Waals surface area contributed by atoms with Gasteiger partial charge in [0.2, 0.25) is 10.0 Å². The predicted molar refractivity (Wildman–Crippen MR) is 101 cm³/mol. The number of benzene rings is 1. The molecule has 8 heteroatoms. The van der Waals surface area contributed by atoms with Crippen molar-refractivity contribution in [3.05, 3.63) is 42.0 Å². The van der Waals surface area contributed by atoms with E-state index < -0.39 is 34.5 Å². The van der Waals surface area contributed by atoms with E-state index in [0.717, 1.165) is 19.3 Å². The normalized spacial score (nSPS) is 15.5. The van der Waals surface area contributed by atoms with E-state index in [9.17, 15) is 18.0 Å². The lowest BCUT2D eigenvalue weighted by molar-refractivity contribution is -0.149. The summed E-state index contributed by atoms with van der Waals surface area (Å²) in [6, 6.07) is 6.62. The first-order valence-electron chi connectivity index (χ1n) is 9.07. The number of hydrogen-bond acceptors (Lipinski definition) is 5. The predicted octanol–water partition coefficient (Wildman–Crippen LogP) is 1.90. The van der Waals surface area contributed by atoms with Gasteiger partial charge < -0.3 is 10.1 Å². The highest BCUT2D eigenvalue weighted by atomic mass is 32.2. The molecule has 1 aliphatic carbocycles. The summed E-state index contributed by atoms with van der Waals surface area (Å²) in [7, 11) is -3.83. The van der Waals surface area contributed by atoms with Gasteiger partial charge in [-0.15, -0.1) is 0 Å². The average Bonchev–Trinajstić information content (AvgIpc) is 2.67. The monoisotopic (exact) mass is 394 g/mol. The van der Waals surface area contributed by atoms with Crippen LogP contribution in [0, 0.1) is 0 Å². The Balaban J connectivity index is 1.71. The highest BCUT2D eigenvalue weighted by Gasteiger charge is 2.23. The van der Waals surface area contributed by atoms with Crippen molar-refractivity contribution in [1.29, 1.82) is 0 Å². The molecule has 0 fully saturated rings. The Bertz CT molecular complexity index is 775. The van der Waals surface area contributed by atoms with E-state index >= 15 is 0 Å². The molecule has 0 spiro atoms. The average molecular weight is 394 g/mol.